The van der Waals surface area contributed by atoms with E-state index < -0.39 is 0 Å². The highest BCUT2D eigenvalue weighted by molar-refractivity contribution is 5.87. The first-order chi connectivity index (χ1) is 9.70. The van der Waals surface area contributed by atoms with E-state index in [0.717, 1.165) is 16.8 Å². The Morgan fingerprint density at radius 2 is 1.90 bits per heavy atom. The maximum atomic E-state index is 9.35. The van der Waals surface area contributed by atoms with Gasteiger partial charge in [-0.15, -0.1) is 0 Å². The standard InChI is InChI=1S/C17H17N3/c1-20(2)13-16(14-7-4-3-5-8-14)11-15(12-18)17-9-6-10-19-17/h3-11,13,19H,1-2H3/b15-11+,16-13-. The van der Waals surface area contributed by atoms with Crippen LogP contribution >= 0.6 is 0 Å². The molecule has 1 aromatic heterocycles. The Bertz CT molecular complexity index is 641. The van der Waals surface area contributed by atoms with Crippen molar-refractivity contribution in [3.63, 3.8) is 0 Å². The van der Waals surface area contributed by atoms with E-state index in [1.165, 1.54) is 0 Å². The average Bonchev–Trinajstić information content (AvgIpc) is 2.98. The molecule has 2 aromatic rings. The van der Waals surface area contributed by atoms with Crippen LogP contribution in [0.5, 0.6) is 0 Å². The maximum absolute atomic E-state index is 9.35. The van der Waals surface area contributed by atoms with Gasteiger partial charge in [-0.2, -0.15) is 5.26 Å². The summed E-state index contributed by atoms with van der Waals surface area (Å²) in [6.07, 6.45) is 5.73. The van der Waals surface area contributed by atoms with Crippen LogP contribution in [0.2, 0.25) is 0 Å². The van der Waals surface area contributed by atoms with Crippen LogP contribution in [0.15, 0.2) is 60.9 Å². The maximum Gasteiger partial charge on any atom is 0.101 e. The highest BCUT2D eigenvalue weighted by atomic mass is 15.0. The van der Waals surface area contributed by atoms with Gasteiger partial charge in [0.2, 0.25) is 0 Å². The number of nitrogens with one attached hydrogen (secondary N) is 1. The van der Waals surface area contributed by atoms with Gasteiger partial charge in [-0.1, -0.05) is 30.3 Å². The van der Waals surface area contributed by atoms with E-state index >= 15 is 0 Å². The molecule has 0 aliphatic heterocycles. The van der Waals surface area contributed by atoms with E-state index in [1.807, 2.05) is 79.9 Å². The van der Waals surface area contributed by atoms with E-state index in [1.54, 1.807) is 0 Å². The number of H-pyrrole nitrogens is 1. The minimum Gasteiger partial charge on any atom is -0.383 e. The molecule has 0 atom stereocenters. The zero-order chi connectivity index (χ0) is 14.4. The van der Waals surface area contributed by atoms with Gasteiger partial charge in [0.05, 0.1) is 11.3 Å². The molecule has 1 N–H and O–H groups in total. The van der Waals surface area contributed by atoms with Crippen LogP contribution in [-0.4, -0.2) is 24.0 Å². The smallest absolute Gasteiger partial charge is 0.101 e. The van der Waals surface area contributed by atoms with Crippen molar-refractivity contribution in [2.45, 2.75) is 0 Å². The quantitative estimate of drug-likeness (QED) is 0.677. The molecular formula is C17H17N3. The second-order valence-electron chi connectivity index (χ2n) is 4.67. The van der Waals surface area contributed by atoms with Crippen molar-refractivity contribution in [3.8, 4) is 6.07 Å². The molecule has 0 aliphatic carbocycles. The third-order valence-corrected chi connectivity index (χ3v) is 2.81. The molecule has 3 heteroatoms. The fourth-order valence-electron chi connectivity index (χ4n) is 1.93. The second kappa shape index (κ2) is 6.44. The number of hydrogen-bond donors (Lipinski definition) is 1. The lowest BCUT2D eigenvalue weighted by Crippen LogP contribution is -2.02. The fourth-order valence-corrected chi connectivity index (χ4v) is 1.93. The Labute approximate surface area is 119 Å². The molecule has 2 rings (SSSR count). The molecule has 1 heterocycles. The minimum absolute atomic E-state index is 0.618. The number of aromatic amines is 1. The molecule has 0 fully saturated rings. The zero-order valence-electron chi connectivity index (χ0n) is 11.7. The largest absolute Gasteiger partial charge is 0.383 e. The van der Waals surface area contributed by atoms with Gasteiger partial charge in [-0.05, 0) is 29.3 Å². The fraction of sp³-hybridized carbons (Fsp3) is 0.118. The normalized spacial score (nSPS) is 12.1. The summed E-state index contributed by atoms with van der Waals surface area (Å²) in [5, 5.41) is 9.35. The van der Waals surface area contributed by atoms with E-state index in [9.17, 15) is 5.26 Å². The molecule has 0 radical (unpaired) electrons. The molecule has 0 amide bonds. The van der Waals surface area contributed by atoms with E-state index in [4.69, 9.17) is 0 Å². The van der Waals surface area contributed by atoms with Crippen molar-refractivity contribution < 1.29 is 0 Å². The van der Waals surface area contributed by atoms with Crippen LogP contribution in [-0.2, 0) is 0 Å². The number of nitrogens with zero attached hydrogens (tertiary/aromatic N) is 2. The number of benzene rings is 1. The molecule has 0 aliphatic rings. The average molecular weight is 263 g/mol. The molecule has 1 aromatic carbocycles. The first-order valence-electron chi connectivity index (χ1n) is 6.40. The molecule has 0 saturated carbocycles. The van der Waals surface area contributed by atoms with Crippen molar-refractivity contribution in [2.75, 3.05) is 14.1 Å². The summed E-state index contributed by atoms with van der Waals surface area (Å²) >= 11 is 0. The number of hydrogen-bond acceptors (Lipinski definition) is 2. The summed E-state index contributed by atoms with van der Waals surface area (Å²) in [6.45, 7) is 0. The Morgan fingerprint density at radius 1 is 1.15 bits per heavy atom. The van der Waals surface area contributed by atoms with Gasteiger partial charge in [0.25, 0.3) is 0 Å². The topological polar surface area (TPSA) is 42.8 Å². The van der Waals surface area contributed by atoms with E-state index in [2.05, 4.69) is 11.1 Å². The first-order valence-corrected chi connectivity index (χ1v) is 6.40. The highest BCUT2D eigenvalue weighted by Crippen LogP contribution is 2.21. The molecule has 20 heavy (non-hydrogen) atoms. The summed E-state index contributed by atoms with van der Waals surface area (Å²) in [5.41, 5.74) is 3.53. The number of aromatic nitrogens is 1. The van der Waals surface area contributed by atoms with Gasteiger partial charge in [0.1, 0.15) is 6.07 Å². The predicted molar refractivity (Wildman–Crippen MR) is 82.5 cm³/mol. The van der Waals surface area contributed by atoms with Crippen molar-refractivity contribution in [2.24, 2.45) is 0 Å². The summed E-state index contributed by atoms with van der Waals surface area (Å²) in [7, 11) is 3.94. The monoisotopic (exact) mass is 263 g/mol. The zero-order valence-corrected chi connectivity index (χ0v) is 11.7. The molecule has 0 unspecified atom stereocenters. The predicted octanol–water partition coefficient (Wildman–Crippen LogP) is 3.52. The van der Waals surface area contributed by atoms with Crippen LogP contribution in [0.3, 0.4) is 0 Å². The second-order valence-corrected chi connectivity index (χ2v) is 4.67. The van der Waals surface area contributed by atoms with Gasteiger partial charge in [0.15, 0.2) is 0 Å². The first kappa shape index (κ1) is 13.7. The SMILES string of the molecule is CN(C)/C=C(/C=C(\C#N)c1ccc[nH]1)c1ccccc1. The highest BCUT2D eigenvalue weighted by Gasteiger charge is 2.05. The Morgan fingerprint density at radius 3 is 2.45 bits per heavy atom. The lowest BCUT2D eigenvalue weighted by atomic mass is 10.0. The van der Waals surface area contributed by atoms with Crippen LogP contribution in [0.4, 0.5) is 0 Å². The lowest BCUT2D eigenvalue weighted by molar-refractivity contribution is 0.566. The Balaban J connectivity index is 2.46. The summed E-state index contributed by atoms with van der Waals surface area (Å²) in [5.74, 6) is 0. The van der Waals surface area contributed by atoms with Gasteiger partial charge in [-0.25, -0.2) is 0 Å². The van der Waals surface area contributed by atoms with Crippen molar-refractivity contribution in [1.29, 1.82) is 5.26 Å². The Hall–Kier alpha value is -2.73. The molecule has 3 nitrogen and oxygen atoms in total. The van der Waals surface area contributed by atoms with Crippen molar-refractivity contribution in [3.05, 3.63) is 72.2 Å². The van der Waals surface area contributed by atoms with Crippen LogP contribution in [0.1, 0.15) is 11.3 Å². The number of rotatable bonds is 4. The molecule has 0 bridgehead atoms. The van der Waals surface area contributed by atoms with Crippen molar-refractivity contribution >= 4 is 11.1 Å². The third-order valence-electron chi connectivity index (χ3n) is 2.81. The van der Waals surface area contributed by atoms with Gasteiger partial charge in [-0.3, -0.25) is 0 Å². The van der Waals surface area contributed by atoms with E-state index in [0.29, 0.717) is 5.57 Å². The molecular weight excluding hydrogens is 246 g/mol. The van der Waals surface area contributed by atoms with Crippen LogP contribution in [0.25, 0.3) is 11.1 Å². The summed E-state index contributed by atoms with van der Waals surface area (Å²) < 4.78 is 0. The Kier molecular flexibility index (Phi) is 4.41. The van der Waals surface area contributed by atoms with Crippen molar-refractivity contribution in [1.82, 2.24) is 9.88 Å². The molecule has 0 spiro atoms. The third kappa shape index (κ3) is 3.39. The summed E-state index contributed by atoms with van der Waals surface area (Å²) in [6, 6.07) is 16.1. The van der Waals surface area contributed by atoms with Gasteiger partial charge < -0.3 is 9.88 Å². The van der Waals surface area contributed by atoms with Crippen LogP contribution in [0, 0.1) is 11.3 Å². The lowest BCUT2D eigenvalue weighted by Gasteiger charge is -2.10. The summed E-state index contributed by atoms with van der Waals surface area (Å²) in [4.78, 5) is 5.04. The van der Waals surface area contributed by atoms with Gasteiger partial charge in [0, 0.05) is 26.5 Å². The molecule has 100 valence electrons. The van der Waals surface area contributed by atoms with Crippen LogP contribution < -0.4 is 0 Å². The van der Waals surface area contributed by atoms with Gasteiger partial charge >= 0.3 is 0 Å². The number of allylic oxidation sites excluding steroid dienone is 3. The molecule has 0 saturated heterocycles. The minimum atomic E-state index is 0.618. The number of nitriles is 1. The van der Waals surface area contributed by atoms with E-state index in [-0.39, 0.29) is 0 Å².